The van der Waals surface area contributed by atoms with E-state index < -0.39 is 11.9 Å². The molecule has 3 N–H and O–H groups in total. The molecule has 2 heterocycles. The molecule has 0 bridgehead atoms. The summed E-state index contributed by atoms with van der Waals surface area (Å²) in [5, 5.41) is 17.0. The van der Waals surface area contributed by atoms with Crippen LogP contribution in [0.1, 0.15) is 73.1 Å². The number of hydrogen-bond donors (Lipinski definition) is 3. The monoisotopic (exact) mass is 594 g/mol. The SMILES string of the molecule is CC(C)CC(CC(C)(C)C)NC(=O)NC1=CCC=C(Oc2ccnc3cc(OCCN4CCCCC4)c(O)cc23)C=C1F. The zero-order chi connectivity index (χ0) is 31.0. The summed E-state index contributed by atoms with van der Waals surface area (Å²) < 4.78 is 27.2. The highest BCUT2D eigenvalue weighted by Gasteiger charge is 2.23. The fourth-order valence-corrected chi connectivity index (χ4v) is 5.62. The summed E-state index contributed by atoms with van der Waals surface area (Å²) in [6.07, 6.45) is 11.9. The minimum Gasteiger partial charge on any atom is -0.504 e. The molecule has 0 saturated carbocycles. The van der Waals surface area contributed by atoms with Gasteiger partial charge in [-0.1, -0.05) is 47.1 Å². The van der Waals surface area contributed by atoms with Crippen LogP contribution >= 0.6 is 0 Å². The topological polar surface area (TPSA) is 96.0 Å². The Morgan fingerprint density at radius 3 is 2.63 bits per heavy atom. The molecule has 43 heavy (non-hydrogen) atoms. The van der Waals surface area contributed by atoms with Crippen LogP contribution in [0.25, 0.3) is 10.9 Å². The van der Waals surface area contributed by atoms with E-state index in [1.807, 2.05) is 0 Å². The summed E-state index contributed by atoms with van der Waals surface area (Å²) in [6, 6.07) is 4.47. The third kappa shape index (κ3) is 9.99. The number of pyridine rings is 1. The van der Waals surface area contributed by atoms with Gasteiger partial charge in [-0.05, 0) is 74.7 Å². The molecule has 1 aromatic carbocycles. The normalized spacial score (nSPS) is 17.0. The van der Waals surface area contributed by atoms with Gasteiger partial charge in [0.2, 0.25) is 0 Å². The molecular weight excluding hydrogens is 547 g/mol. The first-order valence-corrected chi connectivity index (χ1v) is 15.5. The molecule has 4 rings (SSSR count). The number of piperidine rings is 1. The van der Waals surface area contributed by atoms with Gasteiger partial charge in [-0.2, -0.15) is 0 Å². The molecule has 1 unspecified atom stereocenters. The molecule has 1 aliphatic carbocycles. The summed E-state index contributed by atoms with van der Waals surface area (Å²) in [4.78, 5) is 19.6. The minimum atomic E-state index is -0.610. The highest BCUT2D eigenvalue weighted by molar-refractivity contribution is 5.88. The lowest BCUT2D eigenvalue weighted by Crippen LogP contribution is -2.44. The maximum absolute atomic E-state index is 15.3. The van der Waals surface area contributed by atoms with Gasteiger partial charge in [0.25, 0.3) is 0 Å². The van der Waals surface area contributed by atoms with Gasteiger partial charge in [-0.25, -0.2) is 9.18 Å². The lowest BCUT2D eigenvalue weighted by Gasteiger charge is -2.28. The van der Waals surface area contributed by atoms with Crippen molar-refractivity contribution in [3.63, 3.8) is 0 Å². The highest BCUT2D eigenvalue weighted by atomic mass is 19.1. The number of allylic oxidation sites excluding steroid dienone is 4. The summed E-state index contributed by atoms with van der Waals surface area (Å²) in [6.45, 7) is 14.1. The van der Waals surface area contributed by atoms with Gasteiger partial charge in [-0.15, -0.1) is 0 Å². The molecule has 1 fully saturated rings. The summed E-state index contributed by atoms with van der Waals surface area (Å²) >= 11 is 0. The molecule has 1 aliphatic heterocycles. The minimum absolute atomic E-state index is 0.0121. The summed E-state index contributed by atoms with van der Waals surface area (Å²) in [5.41, 5.74) is 0.728. The zero-order valence-electron chi connectivity index (χ0n) is 26.2. The third-order valence-corrected chi connectivity index (χ3v) is 7.49. The third-order valence-electron chi connectivity index (χ3n) is 7.49. The Labute approximate surface area is 255 Å². The van der Waals surface area contributed by atoms with Crippen LogP contribution in [0.15, 0.2) is 59.9 Å². The lowest BCUT2D eigenvalue weighted by atomic mass is 9.85. The molecule has 0 spiro atoms. The number of aromatic hydroxyl groups is 1. The van der Waals surface area contributed by atoms with Crippen LogP contribution in [0.5, 0.6) is 17.2 Å². The van der Waals surface area contributed by atoms with E-state index in [4.69, 9.17) is 9.47 Å². The lowest BCUT2D eigenvalue weighted by molar-refractivity contribution is 0.181. The van der Waals surface area contributed by atoms with Gasteiger partial charge in [0.05, 0.1) is 11.2 Å². The van der Waals surface area contributed by atoms with Crippen molar-refractivity contribution in [1.82, 2.24) is 20.5 Å². The number of urea groups is 1. The predicted octanol–water partition coefficient (Wildman–Crippen LogP) is 7.36. The maximum Gasteiger partial charge on any atom is 0.319 e. The number of nitrogens with zero attached hydrogens (tertiary/aromatic N) is 2. The smallest absolute Gasteiger partial charge is 0.319 e. The van der Waals surface area contributed by atoms with Gasteiger partial charge >= 0.3 is 6.03 Å². The standard InChI is InChI=1S/C34H47FN4O4/c1-23(2)18-24(22-34(3,4)5)37-33(41)38-28-11-9-10-25(19-27(28)35)43-31-12-13-36-29-21-32(30(40)20-26(29)31)42-17-16-39-14-7-6-8-15-39/h10-13,19-21,23-24,40H,6-9,14-18,22H2,1-5H3,(H2,37,38,41). The van der Waals surface area contributed by atoms with E-state index in [0.717, 1.165) is 32.5 Å². The molecular formula is C34H47FN4O4. The van der Waals surface area contributed by atoms with Crippen molar-refractivity contribution < 1.29 is 23.8 Å². The second kappa shape index (κ2) is 14.7. The molecule has 1 aromatic heterocycles. The predicted molar refractivity (Wildman–Crippen MR) is 169 cm³/mol. The highest BCUT2D eigenvalue weighted by Crippen LogP contribution is 2.36. The average molecular weight is 595 g/mol. The Hall–Kier alpha value is -3.59. The zero-order valence-corrected chi connectivity index (χ0v) is 26.2. The molecule has 2 aliphatic rings. The Bertz CT molecular complexity index is 1360. The number of amides is 2. The number of rotatable bonds is 11. The fourth-order valence-electron chi connectivity index (χ4n) is 5.62. The number of carbonyl (C=O) groups is 1. The average Bonchev–Trinajstić information content (AvgIpc) is 3.09. The number of ether oxygens (including phenoxy) is 2. The molecule has 2 aromatic rings. The molecule has 2 amide bonds. The van der Waals surface area contributed by atoms with Gasteiger partial charge in [0.1, 0.15) is 23.9 Å². The second-order valence-electron chi connectivity index (χ2n) is 13.1. The number of hydrogen-bond acceptors (Lipinski definition) is 6. The van der Waals surface area contributed by atoms with Crippen LogP contribution in [-0.4, -0.2) is 53.3 Å². The van der Waals surface area contributed by atoms with E-state index in [2.05, 4.69) is 55.1 Å². The number of phenolic OH excluding ortho intramolecular Hbond substituents is 1. The Morgan fingerprint density at radius 1 is 1.14 bits per heavy atom. The van der Waals surface area contributed by atoms with Gasteiger partial charge in [0.15, 0.2) is 11.5 Å². The molecule has 0 radical (unpaired) electrons. The summed E-state index contributed by atoms with van der Waals surface area (Å²) in [5.74, 6) is 0.862. The Balaban J connectivity index is 1.39. The van der Waals surface area contributed by atoms with Crippen LogP contribution in [0.3, 0.4) is 0 Å². The first kappa shape index (κ1) is 32.3. The van der Waals surface area contributed by atoms with Gasteiger partial charge in [0, 0.05) is 36.3 Å². The molecule has 1 saturated heterocycles. The van der Waals surface area contributed by atoms with Gasteiger partial charge < -0.3 is 25.2 Å². The van der Waals surface area contributed by atoms with Crippen molar-refractivity contribution in [2.45, 2.75) is 79.2 Å². The van der Waals surface area contributed by atoms with Crippen LogP contribution in [0, 0.1) is 11.3 Å². The number of fused-ring (bicyclic) bond motifs is 1. The largest absolute Gasteiger partial charge is 0.504 e. The number of carbonyl (C=O) groups excluding carboxylic acids is 1. The van der Waals surface area contributed by atoms with E-state index in [-0.39, 0.29) is 28.7 Å². The van der Waals surface area contributed by atoms with Crippen LogP contribution < -0.4 is 20.1 Å². The van der Waals surface area contributed by atoms with Crippen LogP contribution in [0.4, 0.5) is 9.18 Å². The molecule has 1 atom stereocenters. The van der Waals surface area contributed by atoms with Crippen LogP contribution in [0.2, 0.25) is 0 Å². The van der Waals surface area contributed by atoms with Crippen LogP contribution in [-0.2, 0) is 0 Å². The molecule has 8 nitrogen and oxygen atoms in total. The van der Waals surface area contributed by atoms with E-state index in [9.17, 15) is 9.90 Å². The number of halogens is 1. The van der Waals surface area contributed by atoms with E-state index in [1.54, 1.807) is 36.5 Å². The van der Waals surface area contributed by atoms with Crippen molar-refractivity contribution in [3.05, 3.63) is 59.9 Å². The molecule has 234 valence electrons. The second-order valence-corrected chi connectivity index (χ2v) is 13.1. The number of likely N-dealkylation sites (tertiary alicyclic amines) is 1. The van der Waals surface area contributed by atoms with Crippen molar-refractivity contribution in [2.24, 2.45) is 11.3 Å². The first-order valence-electron chi connectivity index (χ1n) is 15.5. The van der Waals surface area contributed by atoms with E-state index in [0.29, 0.717) is 41.3 Å². The quantitative estimate of drug-likeness (QED) is 0.252. The number of phenols is 1. The Morgan fingerprint density at radius 2 is 1.91 bits per heavy atom. The van der Waals surface area contributed by atoms with Gasteiger partial charge in [-0.3, -0.25) is 9.88 Å². The molecule has 9 heteroatoms. The first-order chi connectivity index (χ1) is 20.5. The Kier molecular flexibility index (Phi) is 11.1. The van der Waals surface area contributed by atoms with E-state index in [1.165, 1.54) is 25.3 Å². The van der Waals surface area contributed by atoms with Crippen molar-refractivity contribution in [1.29, 1.82) is 0 Å². The summed E-state index contributed by atoms with van der Waals surface area (Å²) in [7, 11) is 0. The maximum atomic E-state index is 15.3. The number of nitrogens with one attached hydrogen (secondary N) is 2. The van der Waals surface area contributed by atoms with Crippen molar-refractivity contribution in [3.8, 4) is 17.2 Å². The van der Waals surface area contributed by atoms with Crippen molar-refractivity contribution >= 4 is 16.9 Å². The fraction of sp³-hybridized carbons (Fsp3) is 0.529. The van der Waals surface area contributed by atoms with Crippen molar-refractivity contribution in [2.75, 3.05) is 26.2 Å². The van der Waals surface area contributed by atoms with E-state index >= 15 is 4.39 Å². The number of benzene rings is 1. The number of aromatic nitrogens is 1.